The maximum Gasteiger partial charge on any atom is 0.251 e. The first-order chi connectivity index (χ1) is 8.70. The SMILES string of the molecule is O=C(NC1CCCNC1=O)c1ccc(CBr)cc1. The van der Waals surface area contributed by atoms with E-state index >= 15 is 0 Å². The van der Waals surface area contributed by atoms with Crippen molar-refractivity contribution < 1.29 is 9.59 Å². The Hall–Kier alpha value is -1.36. The van der Waals surface area contributed by atoms with Crippen LogP contribution < -0.4 is 10.6 Å². The lowest BCUT2D eigenvalue weighted by Gasteiger charge is -2.22. The first kappa shape index (κ1) is 13.1. The molecule has 4 nitrogen and oxygen atoms in total. The van der Waals surface area contributed by atoms with Crippen molar-refractivity contribution in [2.45, 2.75) is 24.2 Å². The third-order valence-electron chi connectivity index (χ3n) is 2.96. The van der Waals surface area contributed by atoms with E-state index in [0.29, 0.717) is 18.5 Å². The molecular formula is C13H15BrN2O2. The Labute approximate surface area is 114 Å². The summed E-state index contributed by atoms with van der Waals surface area (Å²) in [4.78, 5) is 23.5. The second-order valence-corrected chi connectivity index (χ2v) is 4.85. The van der Waals surface area contributed by atoms with Gasteiger partial charge in [0.1, 0.15) is 6.04 Å². The zero-order chi connectivity index (χ0) is 13.0. The summed E-state index contributed by atoms with van der Waals surface area (Å²) in [5.41, 5.74) is 1.69. The molecule has 1 atom stereocenters. The average molecular weight is 311 g/mol. The van der Waals surface area contributed by atoms with Gasteiger partial charge in [-0.2, -0.15) is 0 Å². The second kappa shape index (κ2) is 6.00. The first-order valence-corrected chi connectivity index (χ1v) is 7.06. The summed E-state index contributed by atoms with van der Waals surface area (Å²) in [7, 11) is 0. The fraction of sp³-hybridized carbons (Fsp3) is 0.385. The molecule has 1 saturated heterocycles. The van der Waals surface area contributed by atoms with Crippen molar-refractivity contribution in [1.82, 2.24) is 10.6 Å². The van der Waals surface area contributed by atoms with Crippen LogP contribution in [0.1, 0.15) is 28.8 Å². The molecule has 0 bridgehead atoms. The molecule has 0 spiro atoms. The largest absolute Gasteiger partial charge is 0.354 e. The van der Waals surface area contributed by atoms with Gasteiger partial charge in [-0.05, 0) is 30.5 Å². The molecule has 18 heavy (non-hydrogen) atoms. The van der Waals surface area contributed by atoms with Gasteiger partial charge in [0, 0.05) is 17.4 Å². The maximum atomic E-state index is 12.0. The van der Waals surface area contributed by atoms with Gasteiger partial charge in [-0.3, -0.25) is 9.59 Å². The van der Waals surface area contributed by atoms with Crippen molar-refractivity contribution in [1.29, 1.82) is 0 Å². The third-order valence-corrected chi connectivity index (χ3v) is 3.61. The van der Waals surface area contributed by atoms with Gasteiger partial charge in [-0.15, -0.1) is 0 Å². The Morgan fingerprint density at radius 2 is 2.11 bits per heavy atom. The van der Waals surface area contributed by atoms with Gasteiger partial charge in [-0.25, -0.2) is 0 Å². The van der Waals surface area contributed by atoms with Crippen molar-refractivity contribution in [3.8, 4) is 0 Å². The molecule has 96 valence electrons. The number of hydrogen-bond donors (Lipinski definition) is 2. The van der Waals surface area contributed by atoms with Crippen LogP contribution in [0.4, 0.5) is 0 Å². The summed E-state index contributed by atoms with van der Waals surface area (Å²) in [6.07, 6.45) is 1.61. The lowest BCUT2D eigenvalue weighted by atomic mass is 10.1. The molecule has 0 aliphatic carbocycles. The van der Waals surface area contributed by atoms with E-state index < -0.39 is 6.04 Å². The number of nitrogens with one attached hydrogen (secondary N) is 2. The summed E-state index contributed by atoms with van der Waals surface area (Å²) in [5, 5.41) is 6.27. The van der Waals surface area contributed by atoms with Crippen molar-refractivity contribution in [2.75, 3.05) is 6.54 Å². The van der Waals surface area contributed by atoms with E-state index in [9.17, 15) is 9.59 Å². The molecule has 1 aromatic rings. The minimum absolute atomic E-state index is 0.0910. The normalized spacial score (nSPS) is 19.2. The Morgan fingerprint density at radius 1 is 1.39 bits per heavy atom. The number of piperidine rings is 1. The zero-order valence-corrected chi connectivity index (χ0v) is 11.5. The molecule has 0 radical (unpaired) electrons. The van der Waals surface area contributed by atoms with E-state index in [1.54, 1.807) is 12.1 Å². The van der Waals surface area contributed by atoms with E-state index in [1.165, 1.54) is 0 Å². The van der Waals surface area contributed by atoms with Crippen molar-refractivity contribution in [2.24, 2.45) is 0 Å². The monoisotopic (exact) mass is 310 g/mol. The molecule has 2 amide bonds. The molecule has 1 aliphatic heterocycles. The number of alkyl halides is 1. The van der Waals surface area contributed by atoms with E-state index in [0.717, 1.165) is 17.3 Å². The number of hydrogen-bond acceptors (Lipinski definition) is 2. The van der Waals surface area contributed by atoms with Crippen LogP contribution in [0.5, 0.6) is 0 Å². The minimum Gasteiger partial charge on any atom is -0.354 e. The molecule has 1 unspecified atom stereocenters. The quantitative estimate of drug-likeness (QED) is 0.833. The summed E-state index contributed by atoms with van der Waals surface area (Å²) in [6, 6.07) is 6.93. The molecule has 1 fully saturated rings. The van der Waals surface area contributed by atoms with Crippen LogP contribution in [0.15, 0.2) is 24.3 Å². The fourth-order valence-corrected chi connectivity index (χ4v) is 2.27. The highest BCUT2D eigenvalue weighted by molar-refractivity contribution is 9.08. The smallest absolute Gasteiger partial charge is 0.251 e. The predicted molar refractivity (Wildman–Crippen MR) is 72.6 cm³/mol. The summed E-state index contributed by atoms with van der Waals surface area (Å²) >= 11 is 3.35. The van der Waals surface area contributed by atoms with Gasteiger partial charge < -0.3 is 10.6 Å². The Kier molecular flexibility index (Phi) is 4.36. The van der Waals surface area contributed by atoms with Crippen molar-refractivity contribution in [3.63, 3.8) is 0 Å². The van der Waals surface area contributed by atoms with Gasteiger partial charge in [-0.1, -0.05) is 28.1 Å². The number of halogens is 1. The van der Waals surface area contributed by atoms with Gasteiger partial charge in [0.2, 0.25) is 5.91 Å². The molecule has 1 heterocycles. The molecule has 2 rings (SSSR count). The lowest BCUT2D eigenvalue weighted by molar-refractivity contribution is -0.124. The molecule has 1 aliphatic rings. The molecular weight excluding hydrogens is 296 g/mol. The number of amides is 2. The van der Waals surface area contributed by atoms with E-state index in [2.05, 4.69) is 26.6 Å². The van der Waals surface area contributed by atoms with Gasteiger partial charge in [0.25, 0.3) is 5.91 Å². The maximum absolute atomic E-state index is 12.0. The molecule has 5 heteroatoms. The van der Waals surface area contributed by atoms with E-state index in [-0.39, 0.29) is 11.8 Å². The molecule has 1 aromatic carbocycles. The fourth-order valence-electron chi connectivity index (χ4n) is 1.90. The molecule has 0 saturated carbocycles. The Morgan fingerprint density at radius 3 is 2.72 bits per heavy atom. The van der Waals surface area contributed by atoms with Crippen LogP contribution >= 0.6 is 15.9 Å². The highest BCUT2D eigenvalue weighted by Crippen LogP contribution is 2.09. The Bertz CT molecular complexity index is 445. The second-order valence-electron chi connectivity index (χ2n) is 4.29. The Balaban J connectivity index is 2.00. The topological polar surface area (TPSA) is 58.2 Å². The first-order valence-electron chi connectivity index (χ1n) is 5.94. The summed E-state index contributed by atoms with van der Waals surface area (Å²) < 4.78 is 0. The molecule has 0 aromatic heterocycles. The number of carbonyl (C=O) groups excluding carboxylic acids is 2. The van der Waals surface area contributed by atoms with Crippen molar-refractivity contribution in [3.05, 3.63) is 35.4 Å². The highest BCUT2D eigenvalue weighted by Gasteiger charge is 2.23. The summed E-state index contributed by atoms with van der Waals surface area (Å²) in [5.74, 6) is -0.287. The minimum atomic E-state index is -0.401. The lowest BCUT2D eigenvalue weighted by Crippen LogP contribution is -2.50. The third kappa shape index (κ3) is 3.10. The van der Waals surface area contributed by atoms with Gasteiger partial charge in [0.05, 0.1) is 0 Å². The molecule has 2 N–H and O–H groups in total. The van der Waals surface area contributed by atoms with Gasteiger partial charge >= 0.3 is 0 Å². The number of carbonyl (C=O) groups is 2. The van der Waals surface area contributed by atoms with Gasteiger partial charge in [0.15, 0.2) is 0 Å². The standard InChI is InChI=1S/C13H15BrN2O2/c14-8-9-3-5-10(6-4-9)12(17)16-11-2-1-7-15-13(11)18/h3-6,11H,1-2,7-8H2,(H,15,18)(H,16,17). The van der Waals surface area contributed by atoms with Crippen molar-refractivity contribution >= 4 is 27.7 Å². The highest BCUT2D eigenvalue weighted by atomic mass is 79.9. The average Bonchev–Trinajstić information content (AvgIpc) is 2.41. The van der Waals surface area contributed by atoms with Crippen LogP contribution in [-0.4, -0.2) is 24.4 Å². The van der Waals surface area contributed by atoms with E-state index in [1.807, 2.05) is 12.1 Å². The number of benzene rings is 1. The zero-order valence-electron chi connectivity index (χ0n) is 9.91. The van der Waals surface area contributed by atoms with E-state index in [4.69, 9.17) is 0 Å². The van der Waals surface area contributed by atoms with Crippen LogP contribution in [0.2, 0.25) is 0 Å². The predicted octanol–water partition coefficient (Wildman–Crippen LogP) is 1.59. The number of rotatable bonds is 3. The summed E-state index contributed by atoms with van der Waals surface area (Å²) in [6.45, 7) is 0.700. The van der Waals surface area contributed by atoms with Crippen LogP contribution in [0, 0.1) is 0 Å². The van der Waals surface area contributed by atoms with Crippen LogP contribution in [0.3, 0.4) is 0 Å². The van der Waals surface area contributed by atoms with Crippen LogP contribution in [0.25, 0.3) is 0 Å². The van der Waals surface area contributed by atoms with Crippen LogP contribution in [-0.2, 0) is 10.1 Å².